The Hall–Kier alpha value is -3.53. The van der Waals surface area contributed by atoms with Gasteiger partial charge in [-0.05, 0) is 75.1 Å². The molecule has 228 valence electrons. The number of nitrogens with one attached hydrogen (secondary N) is 2. The average molecular weight is 586 g/mol. The summed E-state index contributed by atoms with van der Waals surface area (Å²) in [4.78, 5) is 27.9. The van der Waals surface area contributed by atoms with Gasteiger partial charge in [0.15, 0.2) is 11.8 Å². The molecule has 1 aromatic carbocycles. The van der Waals surface area contributed by atoms with Gasteiger partial charge in [0.05, 0.1) is 17.4 Å². The molecule has 10 heteroatoms. The topological polar surface area (TPSA) is 109 Å². The lowest BCUT2D eigenvalue weighted by atomic mass is 9.65. The lowest BCUT2D eigenvalue weighted by Gasteiger charge is -2.45. The molecule has 3 aliphatic heterocycles. The molecule has 2 atom stereocenters. The fraction of sp³-hybridized carbons (Fsp3) is 0.606. The van der Waals surface area contributed by atoms with E-state index in [-0.39, 0.29) is 17.1 Å². The summed E-state index contributed by atoms with van der Waals surface area (Å²) in [6.45, 7) is 7.05. The molecule has 7 rings (SSSR count). The van der Waals surface area contributed by atoms with Gasteiger partial charge in [-0.3, -0.25) is 14.3 Å². The van der Waals surface area contributed by atoms with Crippen molar-refractivity contribution < 1.29 is 11.0 Å². The second-order valence-electron chi connectivity index (χ2n) is 13.1. The average Bonchev–Trinajstić information content (AvgIpc) is 3.77. The summed E-state index contributed by atoms with van der Waals surface area (Å²) >= 11 is 0. The van der Waals surface area contributed by atoms with Crippen LogP contribution in [-0.2, 0) is 16.1 Å². The van der Waals surface area contributed by atoms with Crippen molar-refractivity contribution in [1.29, 1.82) is 0 Å². The zero-order valence-corrected chi connectivity index (χ0v) is 25.2. The van der Waals surface area contributed by atoms with E-state index in [1.54, 1.807) is 4.68 Å². The number of aromatic nitrogens is 4. The molecule has 2 saturated heterocycles. The molecular weight excluding hydrogens is 540 g/mol. The van der Waals surface area contributed by atoms with Crippen LogP contribution < -0.4 is 10.7 Å². The Morgan fingerprint density at radius 1 is 1.14 bits per heavy atom. The van der Waals surface area contributed by atoms with E-state index in [0.29, 0.717) is 25.4 Å². The Kier molecular flexibility index (Phi) is 7.46. The highest BCUT2D eigenvalue weighted by Crippen LogP contribution is 2.44. The number of nitrogens with zero attached hydrogens (tertiary/aromatic N) is 6. The minimum Gasteiger partial charge on any atom is -0.353 e. The SMILES string of the molecule is [2H][C@]1(C2(CN3CCC(CCn4cc(-c5cccc6c5c(C)nn6C5C(=O)CCNC5=O)cn4)CC3)CCCCC2)C=NNC1. The third-order valence-corrected chi connectivity index (χ3v) is 10.4. The summed E-state index contributed by atoms with van der Waals surface area (Å²) in [6, 6.07) is 5.04. The van der Waals surface area contributed by atoms with Gasteiger partial charge in [-0.2, -0.15) is 15.3 Å². The normalized spacial score (nSPS) is 26.9. The number of Topliss-reactive ketones (excluding diaryl/α,β-unsaturated/α-hetero) is 1. The smallest absolute Gasteiger partial charge is 0.252 e. The summed E-state index contributed by atoms with van der Waals surface area (Å²) in [5.74, 6) is -0.310. The quantitative estimate of drug-likeness (QED) is 0.386. The fourth-order valence-electron chi connectivity index (χ4n) is 7.98. The molecule has 43 heavy (non-hydrogen) atoms. The van der Waals surface area contributed by atoms with Gasteiger partial charge in [-0.1, -0.05) is 31.4 Å². The first-order valence-electron chi connectivity index (χ1n) is 16.7. The zero-order chi connectivity index (χ0) is 30.3. The Bertz CT molecular complexity index is 1550. The first kappa shape index (κ1) is 27.0. The van der Waals surface area contributed by atoms with Crippen LogP contribution in [0.2, 0.25) is 0 Å². The second kappa shape index (κ2) is 11.9. The summed E-state index contributed by atoms with van der Waals surface area (Å²) in [6.07, 6.45) is 15.7. The number of fused-ring (bicyclic) bond motifs is 1. The van der Waals surface area contributed by atoms with Crippen LogP contribution in [0.15, 0.2) is 35.7 Å². The van der Waals surface area contributed by atoms with Crippen LogP contribution in [0.3, 0.4) is 0 Å². The van der Waals surface area contributed by atoms with Gasteiger partial charge >= 0.3 is 0 Å². The number of amides is 1. The summed E-state index contributed by atoms with van der Waals surface area (Å²) in [5.41, 5.74) is 6.70. The first-order valence-corrected chi connectivity index (χ1v) is 16.2. The van der Waals surface area contributed by atoms with Crippen LogP contribution in [0.25, 0.3) is 22.0 Å². The van der Waals surface area contributed by atoms with Gasteiger partial charge in [0.2, 0.25) is 0 Å². The Morgan fingerprint density at radius 3 is 2.74 bits per heavy atom. The maximum Gasteiger partial charge on any atom is 0.252 e. The predicted octanol–water partition coefficient (Wildman–Crippen LogP) is 4.10. The van der Waals surface area contributed by atoms with E-state index in [0.717, 1.165) is 73.2 Å². The van der Waals surface area contributed by atoms with Crippen molar-refractivity contribution in [2.24, 2.45) is 22.3 Å². The molecule has 3 aromatic rings. The molecule has 4 aliphatic rings. The second-order valence-corrected chi connectivity index (χ2v) is 13.1. The molecular formula is C33H44N8O2. The van der Waals surface area contributed by atoms with E-state index >= 15 is 0 Å². The van der Waals surface area contributed by atoms with Gasteiger partial charge in [-0.15, -0.1) is 0 Å². The monoisotopic (exact) mass is 585 g/mol. The number of hydrogen-bond acceptors (Lipinski definition) is 7. The van der Waals surface area contributed by atoms with Gasteiger partial charge in [-0.25, -0.2) is 4.68 Å². The lowest BCUT2D eigenvalue weighted by Crippen LogP contribution is -2.48. The van der Waals surface area contributed by atoms with E-state index in [2.05, 4.69) is 38.1 Å². The minimum absolute atomic E-state index is 0.00656. The van der Waals surface area contributed by atoms with Gasteiger partial charge in [0.1, 0.15) is 0 Å². The van der Waals surface area contributed by atoms with Crippen molar-refractivity contribution in [3.63, 3.8) is 0 Å². The zero-order valence-electron chi connectivity index (χ0n) is 26.2. The van der Waals surface area contributed by atoms with Crippen LogP contribution in [0.4, 0.5) is 0 Å². The Morgan fingerprint density at radius 2 is 1.98 bits per heavy atom. The number of carbonyl (C=O) groups excluding carboxylic acids is 2. The maximum atomic E-state index is 12.7. The Balaban J connectivity index is 0.989. The molecule has 2 N–H and O–H groups in total. The number of hydrogen-bond donors (Lipinski definition) is 2. The van der Waals surface area contributed by atoms with E-state index < -0.39 is 11.9 Å². The number of aryl methyl sites for hydroxylation is 2. The summed E-state index contributed by atoms with van der Waals surface area (Å²) < 4.78 is 12.9. The van der Waals surface area contributed by atoms with Crippen LogP contribution >= 0.6 is 0 Å². The van der Waals surface area contributed by atoms with Crippen molar-refractivity contribution in [1.82, 2.24) is 35.2 Å². The lowest BCUT2D eigenvalue weighted by molar-refractivity contribution is -0.135. The standard InChI is InChI=1S/C33H44N8O2/c1-23-30-27(6-5-7-28(30)41(38-23)31-29(42)8-14-34-32(31)43)25-18-37-40(21-25)17-11-24-9-15-39(16-10-24)22-33(12-3-2-4-13-33)26-19-35-36-20-26/h5-7,18-19,21,24,26,31,36H,2-4,8-17,20,22H2,1H3,(H,34,43)/t26-,31?/m0/s1/i26D. The number of benzene rings is 1. The number of carbonyl (C=O) groups is 2. The van der Waals surface area contributed by atoms with Crippen molar-refractivity contribution in [2.45, 2.75) is 77.3 Å². The van der Waals surface area contributed by atoms with Gasteiger partial charge in [0, 0.05) is 63.2 Å². The summed E-state index contributed by atoms with van der Waals surface area (Å²) in [5, 5.41) is 17.4. The largest absolute Gasteiger partial charge is 0.353 e. The number of hydrazone groups is 1. The number of ketones is 1. The molecule has 1 aliphatic carbocycles. The number of piperidine rings is 2. The highest BCUT2D eigenvalue weighted by molar-refractivity contribution is 6.07. The molecule has 5 heterocycles. The molecule has 2 aromatic heterocycles. The molecule has 1 amide bonds. The van der Waals surface area contributed by atoms with Crippen LogP contribution in [0, 0.1) is 24.2 Å². The minimum atomic E-state index is -0.917. The van der Waals surface area contributed by atoms with Crippen molar-refractivity contribution >= 4 is 28.8 Å². The van der Waals surface area contributed by atoms with Crippen molar-refractivity contribution in [3.8, 4) is 11.1 Å². The molecule has 1 saturated carbocycles. The van der Waals surface area contributed by atoms with E-state index in [1.165, 1.54) is 32.1 Å². The van der Waals surface area contributed by atoms with Crippen LogP contribution in [0.1, 0.15) is 70.9 Å². The molecule has 0 radical (unpaired) electrons. The number of rotatable bonds is 8. The third-order valence-electron chi connectivity index (χ3n) is 10.4. The molecule has 3 fully saturated rings. The predicted molar refractivity (Wildman–Crippen MR) is 167 cm³/mol. The summed E-state index contributed by atoms with van der Waals surface area (Å²) in [7, 11) is 0. The third kappa shape index (κ3) is 5.50. The van der Waals surface area contributed by atoms with Gasteiger partial charge < -0.3 is 15.6 Å². The number of likely N-dealkylation sites (tertiary alicyclic amines) is 1. The molecule has 0 bridgehead atoms. The van der Waals surface area contributed by atoms with Crippen molar-refractivity contribution in [2.75, 3.05) is 32.7 Å². The molecule has 1 unspecified atom stereocenters. The highest BCUT2D eigenvalue weighted by Gasteiger charge is 2.42. The maximum absolute atomic E-state index is 12.7. The van der Waals surface area contributed by atoms with Gasteiger partial charge in [0.25, 0.3) is 5.91 Å². The molecule has 0 spiro atoms. The van der Waals surface area contributed by atoms with Crippen LogP contribution in [0.5, 0.6) is 0 Å². The van der Waals surface area contributed by atoms with Crippen LogP contribution in [-0.4, -0.2) is 75.1 Å². The highest BCUT2D eigenvalue weighted by atomic mass is 16.2. The Labute approximate surface area is 254 Å². The van der Waals surface area contributed by atoms with E-state index in [4.69, 9.17) is 5.10 Å². The molecule has 10 nitrogen and oxygen atoms in total. The first-order chi connectivity index (χ1) is 21.4. The van der Waals surface area contributed by atoms with E-state index in [9.17, 15) is 11.0 Å². The van der Waals surface area contributed by atoms with Crippen molar-refractivity contribution in [3.05, 3.63) is 36.3 Å². The fourth-order valence-corrected chi connectivity index (χ4v) is 7.98. The van der Waals surface area contributed by atoms with E-state index in [1.807, 2.05) is 36.1 Å².